The van der Waals surface area contributed by atoms with Gasteiger partial charge in [-0.2, -0.15) is 0 Å². The first kappa shape index (κ1) is 23.0. The Morgan fingerprint density at radius 1 is 1.00 bits per heavy atom. The number of halogens is 2. The average molecular weight is 540 g/mol. The lowest BCUT2D eigenvalue weighted by molar-refractivity contribution is 0.626. The SMILES string of the molecule is CCCCCc1ccc(F)cc1-c1cnc(-c2c(CC(C)C)ccc3c(I)cccc23)[nH]1. The van der Waals surface area contributed by atoms with E-state index in [0.29, 0.717) is 5.92 Å². The molecule has 0 aliphatic heterocycles. The van der Waals surface area contributed by atoms with Gasteiger partial charge in [0.1, 0.15) is 11.6 Å². The summed E-state index contributed by atoms with van der Waals surface area (Å²) in [6.45, 7) is 6.68. The number of hydrogen-bond acceptors (Lipinski definition) is 1. The molecule has 0 aliphatic carbocycles. The van der Waals surface area contributed by atoms with Gasteiger partial charge in [-0.05, 0) is 87.9 Å². The number of aryl methyl sites for hydroxylation is 1. The molecule has 166 valence electrons. The van der Waals surface area contributed by atoms with Crippen molar-refractivity contribution in [3.8, 4) is 22.6 Å². The molecular weight excluding hydrogens is 510 g/mol. The molecule has 0 radical (unpaired) electrons. The number of nitrogens with one attached hydrogen (secondary N) is 1. The van der Waals surface area contributed by atoms with Gasteiger partial charge in [-0.25, -0.2) is 9.37 Å². The van der Waals surface area contributed by atoms with Crippen LogP contribution in [-0.4, -0.2) is 9.97 Å². The maximum absolute atomic E-state index is 14.2. The van der Waals surface area contributed by atoms with Crippen molar-refractivity contribution in [1.29, 1.82) is 0 Å². The summed E-state index contributed by atoms with van der Waals surface area (Å²) in [7, 11) is 0. The van der Waals surface area contributed by atoms with Crippen LogP contribution in [0, 0.1) is 15.3 Å². The Morgan fingerprint density at radius 2 is 1.81 bits per heavy atom. The highest BCUT2D eigenvalue weighted by molar-refractivity contribution is 14.1. The topological polar surface area (TPSA) is 28.7 Å². The van der Waals surface area contributed by atoms with Gasteiger partial charge < -0.3 is 4.98 Å². The van der Waals surface area contributed by atoms with Gasteiger partial charge in [0.15, 0.2) is 0 Å². The van der Waals surface area contributed by atoms with Crippen LogP contribution in [0.25, 0.3) is 33.4 Å². The number of aromatic nitrogens is 2. The molecule has 4 rings (SSSR count). The fraction of sp³-hybridized carbons (Fsp3) is 0.321. The number of benzene rings is 3. The van der Waals surface area contributed by atoms with Crippen LogP contribution in [0.1, 0.15) is 51.2 Å². The summed E-state index contributed by atoms with van der Waals surface area (Å²) < 4.78 is 15.4. The number of aromatic amines is 1. The first-order valence-corrected chi connectivity index (χ1v) is 12.6. The van der Waals surface area contributed by atoms with Crippen molar-refractivity contribution in [1.82, 2.24) is 9.97 Å². The Kier molecular flexibility index (Phi) is 7.29. The van der Waals surface area contributed by atoms with Crippen LogP contribution >= 0.6 is 22.6 Å². The Morgan fingerprint density at radius 3 is 2.59 bits per heavy atom. The number of rotatable bonds is 8. The third-order valence-electron chi connectivity index (χ3n) is 5.95. The van der Waals surface area contributed by atoms with E-state index in [2.05, 4.69) is 78.7 Å². The van der Waals surface area contributed by atoms with Crippen LogP contribution in [0.5, 0.6) is 0 Å². The van der Waals surface area contributed by atoms with Gasteiger partial charge in [0, 0.05) is 14.7 Å². The second-order valence-electron chi connectivity index (χ2n) is 8.94. The molecule has 0 fully saturated rings. The highest BCUT2D eigenvalue weighted by atomic mass is 127. The normalized spacial score (nSPS) is 11.6. The van der Waals surface area contributed by atoms with Gasteiger partial charge in [0.05, 0.1) is 11.9 Å². The quantitative estimate of drug-likeness (QED) is 0.176. The Hall–Kier alpha value is -2.21. The molecule has 2 nitrogen and oxygen atoms in total. The van der Waals surface area contributed by atoms with Gasteiger partial charge in [-0.15, -0.1) is 0 Å². The minimum absolute atomic E-state index is 0.212. The van der Waals surface area contributed by atoms with Crippen molar-refractivity contribution in [2.75, 3.05) is 0 Å². The van der Waals surface area contributed by atoms with Gasteiger partial charge in [-0.1, -0.05) is 63.9 Å². The van der Waals surface area contributed by atoms with Crippen molar-refractivity contribution in [3.05, 3.63) is 75.2 Å². The summed E-state index contributed by atoms with van der Waals surface area (Å²) in [5.74, 6) is 1.18. The van der Waals surface area contributed by atoms with Crippen LogP contribution in [0.3, 0.4) is 0 Å². The lowest BCUT2D eigenvalue weighted by Gasteiger charge is -2.14. The van der Waals surface area contributed by atoms with Crippen molar-refractivity contribution < 1.29 is 4.39 Å². The zero-order chi connectivity index (χ0) is 22.7. The first-order valence-electron chi connectivity index (χ1n) is 11.5. The van der Waals surface area contributed by atoms with E-state index in [0.717, 1.165) is 41.9 Å². The zero-order valence-corrected chi connectivity index (χ0v) is 21.2. The predicted octanol–water partition coefficient (Wildman–Crippen LogP) is 8.57. The summed E-state index contributed by atoms with van der Waals surface area (Å²) in [6, 6.07) is 16.0. The molecule has 4 heteroatoms. The molecule has 1 N–H and O–H groups in total. The fourth-order valence-electron chi connectivity index (χ4n) is 4.42. The van der Waals surface area contributed by atoms with Crippen molar-refractivity contribution in [2.24, 2.45) is 5.92 Å². The maximum atomic E-state index is 14.2. The van der Waals surface area contributed by atoms with Gasteiger partial charge in [0.25, 0.3) is 0 Å². The molecule has 1 heterocycles. The number of H-pyrrole nitrogens is 1. The summed E-state index contributed by atoms with van der Waals surface area (Å²) in [5.41, 5.74) is 5.41. The minimum atomic E-state index is -0.212. The van der Waals surface area contributed by atoms with E-state index in [9.17, 15) is 4.39 Å². The lowest BCUT2D eigenvalue weighted by Crippen LogP contribution is -1.99. The molecule has 0 aliphatic rings. The Balaban J connectivity index is 1.83. The van der Waals surface area contributed by atoms with Crippen molar-refractivity contribution in [3.63, 3.8) is 0 Å². The highest BCUT2D eigenvalue weighted by Gasteiger charge is 2.17. The zero-order valence-electron chi connectivity index (χ0n) is 19.0. The largest absolute Gasteiger partial charge is 0.338 e. The number of hydrogen-bond donors (Lipinski definition) is 1. The van der Waals surface area contributed by atoms with Crippen molar-refractivity contribution >= 4 is 33.4 Å². The summed E-state index contributed by atoms with van der Waals surface area (Å²) in [5, 5.41) is 2.44. The van der Waals surface area contributed by atoms with Gasteiger partial charge in [0.2, 0.25) is 0 Å². The third-order valence-corrected chi connectivity index (χ3v) is 6.89. The molecule has 0 unspecified atom stereocenters. The molecule has 1 aromatic heterocycles. The average Bonchev–Trinajstić information content (AvgIpc) is 3.24. The Bertz CT molecular complexity index is 1230. The molecular formula is C28H30FIN2. The summed E-state index contributed by atoms with van der Waals surface area (Å²) in [6.07, 6.45) is 7.25. The second kappa shape index (κ2) is 10.2. The summed E-state index contributed by atoms with van der Waals surface area (Å²) >= 11 is 2.40. The Labute approximate surface area is 203 Å². The summed E-state index contributed by atoms with van der Waals surface area (Å²) in [4.78, 5) is 8.35. The van der Waals surface area contributed by atoms with E-state index in [1.54, 1.807) is 12.1 Å². The van der Waals surface area contributed by atoms with E-state index in [-0.39, 0.29) is 5.82 Å². The first-order chi connectivity index (χ1) is 15.5. The maximum Gasteiger partial charge on any atom is 0.138 e. The van der Waals surface area contributed by atoms with Crippen LogP contribution in [-0.2, 0) is 12.8 Å². The van der Waals surface area contributed by atoms with E-state index >= 15 is 0 Å². The molecule has 32 heavy (non-hydrogen) atoms. The second-order valence-corrected chi connectivity index (χ2v) is 10.1. The smallest absolute Gasteiger partial charge is 0.138 e. The number of unbranched alkanes of at least 4 members (excludes halogenated alkanes) is 2. The van der Waals surface area contributed by atoms with Crippen molar-refractivity contribution in [2.45, 2.75) is 52.9 Å². The van der Waals surface area contributed by atoms with E-state index < -0.39 is 0 Å². The molecule has 0 spiro atoms. The molecule has 0 saturated heterocycles. The van der Waals surface area contributed by atoms with E-state index in [1.807, 2.05) is 12.3 Å². The molecule has 3 aromatic carbocycles. The van der Waals surface area contributed by atoms with Crippen LogP contribution < -0.4 is 0 Å². The number of imidazole rings is 1. The molecule has 0 amide bonds. The van der Waals surface area contributed by atoms with E-state index in [4.69, 9.17) is 4.98 Å². The molecule has 0 bridgehead atoms. The minimum Gasteiger partial charge on any atom is -0.338 e. The highest BCUT2D eigenvalue weighted by Crippen LogP contribution is 2.35. The lowest BCUT2D eigenvalue weighted by atomic mass is 9.93. The monoisotopic (exact) mass is 540 g/mol. The number of nitrogens with zero attached hydrogens (tertiary/aromatic N) is 1. The predicted molar refractivity (Wildman–Crippen MR) is 141 cm³/mol. The van der Waals surface area contributed by atoms with Crippen LogP contribution in [0.2, 0.25) is 0 Å². The van der Waals surface area contributed by atoms with Gasteiger partial charge >= 0.3 is 0 Å². The van der Waals surface area contributed by atoms with Crippen LogP contribution in [0.4, 0.5) is 4.39 Å². The molecule has 0 saturated carbocycles. The molecule has 0 atom stereocenters. The fourth-order valence-corrected chi connectivity index (χ4v) is 5.10. The standard InChI is InChI=1S/C28H30FIN2/c1-4-5-6-8-19-11-13-21(29)16-24(19)26-17-31-28(32-26)27-20(15-18(2)3)12-14-22-23(27)9-7-10-25(22)30/h7,9-14,16-18H,4-6,8,15H2,1-3H3,(H,31,32). The molecule has 4 aromatic rings. The third kappa shape index (κ3) is 4.90. The van der Waals surface area contributed by atoms with Gasteiger partial charge in [-0.3, -0.25) is 0 Å². The number of fused-ring (bicyclic) bond motifs is 1. The van der Waals surface area contributed by atoms with E-state index in [1.165, 1.54) is 38.3 Å². The van der Waals surface area contributed by atoms with Crippen LogP contribution in [0.15, 0.2) is 54.7 Å².